The summed E-state index contributed by atoms with van der Waals surface area (Å²) in [5, 5.41) is 13.2. The summed E-state index contributed by atoms with van der Waals surface area (Å²) in [6.45, 7) is 0. The van der Waals surface area contributed by atoms with E-state index in [4.69, 9.17) is 0 Å². The minimum Gasteiger partial charge on any atom is -0.300 e. The van der Waals surface area contributed by atoms with Crippen molar-refractivity contribution in [3.8, 4) is 0 Å². The second-order valence-corrected chi connectivity index (χ2v) is 9.44. The maximum Gasteiger partial charge on any atom is 0.230 e. The molecule has 0 unspecified atom stereocenters. The number of rotatable bonds is 4. The largest absolute Gasteiger partial charge is 0.300 e. The van der Waals surface area contributed by atoms with Crippen molar-refractivity contribution in [1.82, 2.24) is 10.2 Å². The van der Waals surface area contributed by atoms with E-state index in [0.29, 0.717) is 10.7 Å². The molecular formula is C20H22FN3OS. The highest BCUT2D eigenvalue weighted by molar-refractivity contribution is 7.15. The van der Waals surface area contributed by atoms with Crippen molar-refractivity contribution in [1.29, 1.82) is 0 Å². The lowest BCUT2D eigenvalue weighted by atomic mass is 9.50. The molecule has 136 valence electrons. The van der Waals surface area contributed by atoms with Crippen molar-refractivity contribution in [2.24, 2.45) is 17.8 Å². The van der Waals surface area contributed by atoms with Crippen LogP contribution in [0.4, 0.5) is 9.52 Å². The van der Waals surface area contributed by atoms with E-state index in [1.54, 1.807) is 12.1 Å². The minimum absolute atomic E-state index is 0.143. The summed E-state index contributed by atoms with van der Waals surface area (Å²) >= 11 is 1.54. The Labute approximate surface area is 156 Å². The van der Waals surface area contributed by atoms with E-state index in [2.05, 4.69) is 15.5 Å². The zero-order valence-corrected chi connectivity index (χ0v) is 15.4. The number of benzene rings is 1. The molecule has 26 heavy (non-hydrogen) atoms. The third-order valence-electron chi connectivity index (χ3n) is 6.42. The van der Waals surface area contributed by atoms with Crippen LogP contribution in [0.2, 0.25) is 0 Å². The summed E-state index contributed by atoms with van der Waals surface area (Å²) in [7, 11) is 0. The number of aromatic nitrogens is 2. The van der Waals surface area contributed by atoms with Gasteiger partial charge in [0.15, 0.2) is 0 Å². The maximum absolute atomic E-state index is 13.3. The van der Waals surface area contributed by atoms with Crippen LogP contribution in [0, 0.1) is 23.6 Å². The van der Waals surface area contributed by atoms with Crippen LogP contribution >= 0.6 is 11.3 Å². The first-order valence-electron chi connectivity index (χ1n) is 9.46. The summed E-state index contributed by atoms with van der Waals surface area (Å²) in [5.41, 5.74) is 0.867. The molecular weight excluding hydrogens is 349 g/mol. The second-order valence-electron chi connectivity index (χ2n) is 8.47. The SMILES string of the molecule is O=C(Cc1cccc(F)c1)Nc1nnc(C23CC4CC(CC(C4)C2)C3)s1. The Morgan fingerprint density at radius 3 is 2.50 bits per heavy atom. The molecule has 1 aromatic carbocycles. The predicted molar refractivity (Wildman–Crippen MR) is 98.5 cm³/mol. The normalized spacial score (nSPS) is 32.0. The molecule has 4 bridgehead atoms. The molecule has 4 aliphatic carbocycles. The Morgan fingerprint density at radius 2 is 1.85 bits per heavy atom. The molecule has 0 atom stereocenters. The Morgan fingerprint density at radius 1 is 1.15 bits per heavy atom. The molecule has 0 spiro atoms. The van der Waals surface area contributed by atoms with Crippen LogP contribution in [0.15, 0.2) is 24.3 Å². The molecule has 0 saturated heterocycles. The van der Waals surface area contributed by atoms with Crippen LogP contribution in [0.3, 0.4) is 0 Å². The van der Waals surface area contributed by atoms with E-state index < -0.39 is 0 Å². The van der Waals surface area contributed by atoms with E-state index in [1.165, 1.54) is 62.0 Å². The molecule has 0 aliphatic heterocycles. The maximum atomic E-state index is 13.3. The molecule has 4 nitrogen and oxygen atoms in total. The van der Waals surface area contributed by atoms with Crippen LogP contribution in [0.25, 0.3) is 0 Å². The molecule has 6 heteroatoms. The summed E-state index contributed by atoms with van der Waals surface area (Å²) in [4.78, 5) is 12.3. The van der Waals surface area contributed by atoms with Gasteiger partial charge in [-0.15, -0.1) is 10.2 Å². The van der Waals surface area contributed by atoms with Gasteiger partial charge in [0, 0.05) is 5.41 Å². The summed E-state index contributed by atoms with van der Waals surface area (Å²) in [5.74, 6) is 2.07. The van der Waals surface area contributed by atoms with Crippen molar-refractivity contribution in [3.05, 3.63) is 40.7 Å². The van der Waals surface area contributed by atoms with E-state index >= 15 is 0 Å². The van der Waals surface area contributed by atoms with Gasteiger partial charge in [-0.05, 0) is 74.0 Å². The van der Waals surface area contributed by atoms with Crippen LogP contribution in [-0.4, -0.2) is 16.1 Å². The molecule has 1 heterocycles. The fourth-order valence-corrected chi connectivity index (χ4v) is 6.83. The lowest BCUT2D eigenvalue weighted by Gasteiger charge is -2.55. The number of nitrogens with one attached hydrogen (secondary N) is 1. The fraction of sp³-hybridized carbons (Fsp3) is 0.550. The lowest BCUT2D eigenvalue weighted by Crippen LogP contribution is -2.48. The Kier molecular flexibility index (Phi) is 3.85. The summed E-state index contributed by atoms with van der Waals surface area (Å²) in [6, 6.07) is 6.14. The molecule has 1 aromatic heterocycles. The highest BCUT2D eigenvalue weighted by Crippen LogP contribution is 2.61. The van der Waals surface area contributed by atoms with Crippen LogP contribution in [0.5, 0.6) is 0 Å². The fourth-order valence-electron chi connectivity index (χ4n) is 5.86. The predicted octanol–water partition coefficient (Wildman–Crippen LogP) is 4.33. The van der Waals surface area contributed by atoms with E-state index in [0.717, 1.165) is 22.8 Å². The highest BCUT2D eigenvalue weighted by Gasteiger charge is 2.53. The van der Waals surface area contributed by atoms with Gasteiger partial charge in [0.25, 0.3) is 0 Å². The Balaban J connectivity index is 1.29. The average molecular weight is 371 g/mol. The van der Waals surface area contributed by atoms with Crippen molar-refractivity contribution in [2.75, 3.05) is 5.32 Å². The van der Waals surface area contributed by atoms with Gasteiger partial charge in [0.05, 0.1) is 6.42 Å². The molecule has 1 N–H and O–H groups in total. The average Bonchev–Trinajstić information content (AvgIpc) is 3.02. The Hall–Kier alpha value is -1.82. The topological polar surface area (TPSA) is 54.9 Å². The number of carbonyl (C=O) groups is 1. The molecule has 4 aliphatic rings. The van der Waals surface area contributed by atoms with Gasteiger partial charge in [-0.1, -0.05) is 23.5 Å². The summed E-state index contributed by atoms with van der Waals surface area (Å²) < 4.78 is 13.3. The number of hydrogen-bond acceptors (Lipinski definition) is 4. The van der Waals surface area contributed by atoms with Crippen LogP contribution in [0.1, 0.15) is 49.1 Å². The van der Waals surface area contributed by atoms with Crippen molar-refractivity contribution in [2.45, 2.75) is 50.4 Å². The molecule has 4 fully saturated rings. The van der Waals surface area contributed by atoms with Crippen molar-refractivity contribution < 1.29 is 9.18 Å². The van der Waals surface area contributed by atoms with E-state index in [-0.39, 0.29) is 23.6 Å². The van der Waals surface area contributed by atoms with Crippen LogP contribution < -0.4 is 5.32 Å². The van der Waals surface area contributed by atoms with Gasteiger partial charge in [-0.3, -0.25) is 4.79 Å². The van der Waals surface area contributed by atoms with Gasteiger partial charge in [0.1, 0.15) is 10.8 Å². The monoisotopic (exact) mass is 371 g/mol. The standard InChI is InChI=1S/C20H22FN3OS/c21-16-3-1-2-12(7-16)8-17(25)22-19-24-23-18(26-19)20-9-13-4-14(10-20)6-15(5-13)11-20/h1-3,7,13-15H,4-6,8-11H2,(H,22,24,25). The molecule has 6 rings (SSSR count). The van der Waals surface area contributed by atoms with Gasteiger partial charge in [-0.2, -0.15) is 0 Å². The number of hydrogen-bond donors (Lipinski definition) is 1. The number of anilines is 1. The molecule has 0 radical (unpaired) electrons. The van der Waals surface area contributed by atoms with E-state index in [9.17, 15) is 9.18 Å². The van der Waals surface area contributed by atoms with Gasteiger partial charge in [0.2, 0.25) is 11.0 Å². The lowest BCUT2D eigenvalue weighted by molar-refractivity contribution is -0.115. The van der Waals surface area contributed by atoms with Crippen molar-refractivity contribution in [3.63, 3.8) is 0 Å². The molecule has 2 aromatic rings. The smallest absolute Gasteiger partial charge is 0.230 e. The first kappa shape index (κ1) is 16.4. The molecule has 1 amide bonds. The van der Waals surface area contributed by atoms with Gasteiger partial charge < -0.3 is 5.32 Å². The van der Waals surface area contributed by atoms with Gasteiger partial charge in [-0.25, -0.2) is 4.39 Å². The van der Waals surface area contributed by atoms with E-state index in [1.807, 2.05) is 0 Å². The summed E-state index contributed by atoms with van der Waals surface area (Å²) in [6.07, 6.45) is 8.06. The number of nitrogens with zero attached hydrogens (tertiary/aromatic N) is 2. The first-order valence-corrected chi connectivity index (χ1v) is 10.3. The number of amides is 1. The van der Waals surface area contributed by atoms with Crippen LogP contribution in [-0.2, 0) is 16.6 Å². The third kappa shape index (κ3) is 2.94. The number of carbonyl (C=O) groups excluding carboxylic acids is 1. The zero-order valence-electron chi connectivity index (χ0n) is 14.6. The zero-order chi connectivity index (χ0) is 17.7. The van der Waals surface area contributed by atoms with Crippen molar-refractivity contribution >= 4 is 22.4 Å². The minimum atomic E-state index is -0.324. The Bertz CT molecular complexity index is 814. The third-order valence-corrected chi connectivity index (χ3v) is 7.50. The second kappa shape index (κ2) is 6.12. The molecule has 4 saturated carbocycles. The highest BCUT2D eigenvalue weighted by atomic mass is 32.1. The van der Waals surface area contributed by atoms with Gasteiger partial charge >= 0.3 is 0 Å². The quantitative estimate of drug-likeness (QED) is 0.870. The number of halogens is 1. The first-order chi connectivity index (χ1) is 12.6.